The third-order valence-corrected chi connectivity index (χ3v) is 4.13. The molecule has 0 aromatic heterocycles. The van der Waals surface area contributed by atoms with Crippen LogP contribution < -0.4 is 10.1 Å². The van der Waals surface area contributed by atoms with Gasteiger partial charge in [-0.2, -0.15) is 0 Å². The maximum absolute atomic E-state index is 11.7. The number of hydrogen-bond donors (Lipinski definition) is 1. The zero-order valence-electron chi connectivity index (χ0n) is 16.4. The number of esters is 1. The van der Waals surface area contributed by atoms with Crippen molar-refractivity contribution in [3.63, 3.8) is 0 Å². The minimum Gasteiger partial charge on any atom is -0.493 e. The molecule has 5 nitrogen and oxygen atoms in total. The number of carbonyl (C=O) groups is 1. The second kappa shape index (κ2) is 10.3. The van der Waals surface area contributed by atoms with Gasteiger partial charge >= 0.3 is 5.97 Å². The fraction of sp³-hybridized carbons (Fsp3) is 0.318. The molecule has 0 radical (unpaired) electrons. The van der Waals surface area contributed by atoms with E-state index in [1.165, 1.54) is 14.2 Å². The number of methoxy groups -OCH3 is 2. The molecule has 2 aromatic rings. The van der Waals surface area contributed by atoms with Crippen LogP contribution in [0.2, 0.25) is 0 Å². The van der Waals surface area contributed by atoms with E-state index in [0.29, 0.717) is 6.61 Å². The highest BCUT2D eigenvalue weighted by atomic mass is 16.6. The van der Waals surface area contributed by atoms with Crippen molar-refractivity contribution < 1.29 is 19.0 Å². The van der Waals surface area contributed by atoms with Crippen LogP contribution in [0.3, 0.4) is 0 Å². The van der Waals surface area contributed by atoms with Gasteiger partial charge < -0.3 is 19.5 Å². The van der Waals surface area contributed by atoms with Crippen molar-refractivity contribution in [3.8, 4) is 16.9 Å². The van der Waals surface area contributed by atoms with Crippen molar-refractivity contribution in [2.45, 2.75) is 19.8 Å². The fourth-order valence-electron chi connectivity index (χ4n) is 2.61. The van der Waals surface area contributed by atoms with Crippen molar-refractivity contribution in [2.75, 3.05) is 33.2 Å². The number of ether oxygens (including phenoxy) is 3. The first kappa shape index (κ1) is 20.4. The highest BCUT2D eigenvalue weighted by molar-refractivity contribution is 5.91. The lowest BCUT2D eigenvalue weighted by atomic mass is 10.0. The van der Waals surface area contributed by atoms with Crippen molar-refractivity contribution >= 4 is 17.7 Å². The predicted molar refractivity (Wildman–Crippen MR) is 109 cm³/mol. The third kappa shape index (κ3) is 5.51. The first-order valence-corrected chi connectivity index (χ1v) is 9.02. The summed E-state index contributed by atoms with van der Waals surface area (Å²) in [6.45, 7) is 2.76. The molecule has 0 saturated carbocycles. The molecule has 27 heavy (non-hydrogen) atoms. The lowest BCUT2D eigenvalue weighted by Crippen LogP contribution is -2.06. The Labute approximate surface area is 161 Å². The summed E-state index contributed by atoms with van der Waals surface area (Å²) in [5.41, 5.74) is 3.89. The molecular formula is C22H27NO4. The molecule has 0 atom stereocenters. The van der Waals surface area contributed by atoms with Gasteiger partial charge in [-0.15, -0.1) is 0 Å². The van der Waals surface area contributed by atoms with Gasteiger partial charge in [-0.25, -0.2) is 4.79 Å². The Hall–Kier alpha value is -2.95. The fourth-order valence-corrected chi connectivity index (χ4v) is 2.61. The number of hydrogen-bond acceptors (Lipinski definition) is 5. The largest absolute Gasteiger partial charge is 0.493 e. The molecule has 2 aromatic carbocycles. The molecule has 2 rings (SSSR count). The Balaban J connectivity index is 2.44. The van der Waals surface area contributed by atoms with E-state index in [1.54, 1.807) is 6.08 Å². The summed E-state index contributed by atoms with van der Waals surface area (Å²) >= 11 is 0. The summed E-state index contributed by atoms with van der Waals surface area (Å²) in [6.07, 6.45) is 3.67. The van der Waals surface area contributed by atoms with E-state index in [2.05, 4.69) is 18.3 Å². The molecule has 0 saturated heterocycles. The summed E-state index contributed by atoms with van der Waals surface area (Å²) in [5.74, 6) is 0.393. The average Bonchev–Trinajstić information content (AvgIpc) is 2.71. The first-order chi connectivity index (χ1) is 13.1. The van der Waals surface area contributed by atoms with Crippen LogP contribution in [-0.2, 0) is 14.3 Å². The summed E-state index contributed by atoms with van der Waals surface area (Å²) in [5, 5.41) is 3.15. The number of benzene rings is 2. The average molecular weight is 369 g/mol. The van der Waals surface area contributed by atoms with Gasteiger partial charge in [0.25, 0.3) is 0 Å². The van der Waals surface area contributed by atoms with Gasteiger partial charge in [-0.3, -0.25) is 0 Å². The van der Waals surface area contributed by atoms with Crippen molar-refractivity contribution in [3.05, 3.63) is 53.8 Å². The Kier molecular flexibility index (Phi) is 7.74. The summed E-state index contributed by atoms with van der Waals surface area (Å²) in [6, 6.07) is 14.0. The summed E-state index contributed by atoms with van der Waals surface area (Å²) in [4.78, 5) is 11.7. The molecule has 0 heterocycles. The van der Waals surface area contributed by atoms with E-state index in [1.807, 2.05) is 43.4 Å². The molecule has 144 valence electrons. The number of carbonyl (C=O) groups excluding carboxylic acids is 1. The highest BCUT2D eigenvalue weighted by Crippen LogP contribution is 2.33. The number of anilines is 1. The lowest BCUT2D eigenvalue weighted by Gasteiger charge is -2.14. The molecule has 0 fully saturated rings. The normalized spacial score (nSPS) is 11.0. The molecule has 0 bridgehead atoms. The monoisotopic (exact) mass is 369 g/mol. The molecule has 1 N–H and O–H groups in total. The summed E-state index contributed by atoms with van der Waals surface area (Å²) in [7, 11) is 4.66. The number of nitrogens with one attached hydrogen (secondary N) is 1. The Morgan fingerprint density at radius 2 is 1.93 bits per heavy atom. The van der Waals surface area contributed by atoms with Crippen LogP contribution in [0.1, 0.15) is 25.3 Å². The minimum absolute atomic E-state index is 0.141. The van der Waals surface area contributed by atoms with E-state index in [-0.39, 0.29) is 5.76 Å². The predicted octanol–water partition coefficient (Wildman–Crippen LogP) is 4.73. The topological polar surface area (TPSA) is 56.8 Å². The van der Waals surface area contributed by atoms with E-state index in [9.17, 15) is 4.79 Å². The maximum atomic E-state index is 11.7. The second-order valence-corrected chi connectivity index (χ2v) is 5.99. The molecule has 0 spiro atoms. The molecule has 5 heteroatoms. The van der Waals surface area contributed by atoms with Gasteiger partial charge in [-0.05, 0) is 41.8 Å². The van der Waals surface area contributed by atoms with Crippen molar-refractivity contribution in [2.24, 2.45) is 0 Å². The zero-order chi connectivity index (χ0) is 19.6. The molecule has 0 amide bonds. The Morgan fingerprint density at radius 1 is 1.11 bits per heavy atom. The van der Waals surface area contributed by atoms with E-state index in [0.717, 1.165) is 41.0 Å². The first-order valence-electron chi connectivity index (χ1n) is 9.02. The van der Waals surface area contributed by atoms with Gasteiger partial charge in [-0.1, -0.05) is 37.6 Å². The van der Waals surface area contributed by atoms with E-state index >= 15 is 0 Å². The van der Waals surface area contributed by atoms with Crippen LogP contribution in [0, 0.1) is 0 Å². The van der Waals surface area contributed by atoms with E-state index in [4.69, 9.17) is 14.2 Å². The van der Waals surface area contributed by atoms with E-state index < -0.39 is 5.97 Å². The number of unbranched alkanes of at least 4 members (excludes halogenated alkanes) is 1. The van der Waals surface area contributed by atoms with Gasteiger partial charge in [0.15, 0.2) is 0 Å². The molecule has 0 aliphatic heterocycles. The lowest BCUT2D eigenvalue weighted by molar-refractivity contribution is -0.139. The molecule has 0 aliphatic rings. The van der Waals surface area contributed by atoms with Crippen LogP contribution >= 0.6 is 0 Å². The maximum Gasteiger partial charge on any atom is 0.373 e. The second-order valence-electron chi connectivity index (χ2n) is 5.99. The molecule has 0 aliphatic carbocycles. The van der Waals surface area contributed by atoms with Crippen LogP contribution in [-0.4, -0.2) is 33.8 Å². The van der Waals surface area contributed by atoms with Crippen LogP contribution in [0.15, 0.2) is 48.2 Å². The Bertz CT molecular complexity index is 799. The van der Waals surface area contributed by atoms with Crippen LogP contribution in [0.4, 0.5) is 5.69 Å². The minimum atomic E-state index is -0.517. The van der Waals surface area contributed by atoms with Crippen molar-refractivity contribution in [1.29, 1.82) is 0 Å². The highest BCUT2D eigenvalue weighted by Gasteiger charge is 2.12. The molecular weight excluding hydrogens is 342 g/mol. The summed E-state index contributed by atoms with van der Waals surface area (Å²) < 4.78 is 15.9. The quantitative estimate of drug-likeness (QED) is 0.300. The van der Waals surface area contributed by atoms with Crippen LogP contribution in [0.25, 0.3) is 17.2 Å². The van der Waals surface area contributed by atoms with Gasteiger partial charge in [0.05, 0.1) is 20.8 Å². The van der Waals surface area contributed by atoms with Gasteiger partial charge in [0, 0.05) is 18.3 Å². The van der Waals surface area contributed by atoms with Crippen LogP contribution in [0.5, 0.6) is 5.75 Å². The zero-order valence-corrected chi connectivity index (χ0v) is 16.4. The SMILES string of the molecule is CCCCOc1cc(/C=C(\OC)C(=O)OC)ccc1-c1cccc(NC)c1. The smallest absolute Gasteiger partial charge is 0.373 e. The van der Waals surface area contributed by atoms with Gasteiger partial charge in [0.1, 0.15) is 5.75 Å². The van der Waals surface area contributed by atoms with Gasteiger partial charge in [0.2, 0.25) is 5.76 Å². The molecule has 0 unspecified atom stereocenters. The Morgan fingerprint density at radius 3 is 2.59 bits per heavy atom. The third-order valence-electron chi connectivity index (χ3n) is 4.13. The standard InChI is InChI=1S/C22H27NO4/c1-5-6-12-27-20-13-16(14-21(25-3)22(24)26-4)10-11-19(20)17-8-7-9-18(15-17)23-2/h7-11,13-15,23H,5-6,12H2,1-4H3/b21-14-. The van der Waals surface area contributed by atoms with Crippen molar-refractivity contribution in [1.82, 2.24) is 0 Å². The number of rotatable bonds is 9.